The summed E-state index contributed by atoms with van der Waals surface area (Å²) in [6, 6.07) is 5.78. The van der Waals surface area contributed by atoms with Gasteiger partial charge in [-0.2, -0.15) is 0 Å². The first-order chi connectivity index (χ1) is 8.50. The molecule has 1 rings (SSSR count). The maximum absolute atomic E-state index is 12.4. The second-order valence-electron chi connectivity index (χ2n) is 7.03. The van der Waals surface area contributed by atoms with E-state index in [1.807, 2.05) is 25.1 Å². The zero-order chi connectivity index (χ0) is 14.8. The molecule has 0 heterocycles. The fourth-order valence-electron chi connectivity index (χ4n) is 2.58. The van der Waals surface area contributed by atoms with E-state index in [1.165, 1.54) is 0 Å². The summed E-state index contributed by atoms with van der Waals surface area (Å²) in [6.07, 6.45) is 0.929. The van der Waals surface area contributed by atoms with E-state index < -0.39 is 0 Å². The van der Waals surface area contributed by atoms with E-state index in [1.54, 1.807) is 0 Å². The van der Waals surface area contributed by atoms with Gasteiger partial charge in [0.2, 0.25) is 0 Å². The van der Waals surface area contributed by atoms with E-state index in [0.29, 0.717) is 0 Å². The van der Waals surface area contributed by atoms with Gasteiger partial charge in [-0.1, -0.05) is 42.8 Å². The van der Waals surface area contributed by atoms with Crippen LogP contribution in [0.1, 0.15) is 57.0 Å². The van der Waals surface area contributed by atoms with Crippen LogP contribution in [0.5, 0.6) is 0 Å². The summed E-state index contributed by atoms with van der Waals surface area (Å²) in [4.78, 5) is 12.4. The Morgan fingerprint density at radius 1 is 1.21 bits per heavy atom. The Hall–Kier alpha value is -0.830. The van der Waals surface area contributed by atoms with Crippen LogP contribution in [0.25, 0.3) is 0 Å². The van der Waals surface area contributed by atoms with Gasteiger partial charge in [0, 0.05) is 15.6 Å². The highest BCUT2D eigenvalue weighted by Gasteiger charge is 2.27. The predicted octanol–water partition coefficient (Wildman–Crippen LogP) is 4.70. The number of halogens is 1. The largest absolute Gasteiger partial charge is 0.347 e. The van der Waals surface area contributed by atoms with E-state index in [-0.39, 0.29) is 16.9 Å². The van der Waals surface area contributed by atoms with Crippen LogP contribution in [-0.4, -0.2) is 11.4 Å². The average molecular weight is 326 g/mol. The fourth-order valence-corrected chi connectivity index (χ4v) is 2.94. The molecule has 106 valence electrons. The van der Waals surface area contributed by atoms with Crippen molar-refractivity contribution in [2.75, 3.05) is 0 Å². The zero-order valence-corrected chi connectivity index (χ0v) is 14.3. The molecule has 19 heavy (non-hydrogen) atoms. The molecule has 3 heteroatoms. The van der Waals surface area contributed by atoms with Crippen LogP contribution in [0, 0.1) is 12.3 Å². The number of hydrogen-bond acceptors (Lipinski definition) is 1. The lowest BCUT2D eigenvalue weighted by molar-refractivity contribution is 0.0891. The highest BCUT2D eigenvalue weighted by molar-refractivity contribution is 9.10. The van der Waals surface area contributed by atoms with Crippen molar-refractivity contribution in [1.82, 2.24) is 5.32 Å². The van der Waals surface area contributed by atoms with E-state index >= 15 is 0 Å². The fraction of sp³-hybridized carbons (Fsp3) is 0.562. The minimum Gasteiger partial charge on any atom is -0.347 e. The Kier molecular flexibility index (Phi) is 4.83. The highest BCUT2D eigenvalue weighted by atomic mass is 79.9. The molecular formula is C16H24BrNO. The molecule has 1 aromatic rings. The highest BCUT2D eigenvalue weighted by Crippen LogP contribution is 2.27. The lowest BCUT2D eigenvalue weighted by Gasteiger charge is -2.33. The number of benzene rings is 1. The molecule has 0 aliphatic rings. The summed E-state index contributed by atoms with van der Waals surface area (Å²) in [5.74, 6) is -0.00644. The molecular weight excluding hydrogens is 302 g/mol. The SMILES string of the molecule is Cc1ccc(Br)cc1C(=O)NC(C)(C)CC(C)(C)C. The van der Waals surface area contributed by atoms with Gasteiger partial charge in [0.15, 0.2) is 0 Å². The number of carbonyl (C=O) groups is 1. The summed E-state index contributed by atoms with van der Waals surface area (Å²) < 4.78 is 0.928. The summed E-state index contributed by atoms with van der Waals surface area (Å²) in [6.45, 7) is 12.7. The standard InChI is InChI=1S/C16H24BrNO/c1-11-7-8-12(17)9-13(11)14(19)18-16(5,6)10-15(2,3)4/h7-9H,10H2,1-6H3,(H,18,19). The van der Waals surface area contributed by atoms with Gasteiger partial charge >= 0.3 is 0 Å². The number of nitrogens with one attached hydrogen (secondary N) is 1. The molecule has 0 spiro atoms. The molecule has 0 bridgehead atoms. The Morgan fingerprint density at radius 2 is 1.79 bits per heavy atom. The van der Waals surface area contributed by atoms with Gasteiger partial charge in [-0.05, 0) is 50.3 Å². The Bertz CT molecular complexity index is 472. The molecule has 0 radical (unpaired) electrons. The first-order valence-corrected chi connectivity index (χ1v) is 7.38. The van der Waals surface area contributed by atoms with Gasteiger partial charge in [0.05, 0.1) is 0 Å². The summed E-state index contributed by atoms with van der Waals surface area (Å²) in [5, 5.41) is 3.14. The van der Waals surface area contributed by atoms with E-state index in [2.05, 4.69) is 55.9 Å². The van der Waals surface area contributed by atoms with Gasteiger partial charge in [-0.3, -0.25) is 4.79 Å². The van der Waals surface area contributed by atoms with Gasteiger partial charge in [0.25, 0.3) is 5.91 Å². The molecule has 0 saturated heterocycles. The number of aryl methyl sites for hydroxylation is 1. The zero-order valence-electron chi connectivity index (χ0n) is 12.7. The third-order valence-electron chi connectivity index (χ3n) is 2.87. The van der Waals surface area contributed by atoms with Gasteiger partial charge in [-0.15, -0.1) is 0 Å². The van der Waals surface area contributed by atoms with Crippen LogP contribution in [0.2, 0.25) is 0 Å². The molecule has 0 aliphatic carbocycles. The number of amides is 1. The van der Waals surface area contributed by atoms with E-state index in [9.17, 15) is 4.79 Å². The molecule has 0 aliphatic heterocycles. The maximum Gasteiger partial charge on any atom is 0.251 e. The van der Waals surface area contributed by atoms with Gasteiger partial charge < -0.3 is 5.32 Å². The second-order valence-corrected chi connectivity index (χ2v) is 7.95. The lowest BCUT2D eigenvalue weighted by Crippen LogP contribution is -2.46. The molecule has 1 aromatic carbocycles. The van der Waals surface area contributed by atoms with Crippen LogP contribution in [0.4, 0.5) is 0 Å². The van der Waals surface area contributed by atoms with Crippen molar-refractivity contribution < 1.29 is 4.79 Å². The van der Waals surface area contributed by atoms with Crippen molar-refractivity contribution in [3.05, 3.63) is 33.8 Å². The van der Waals surface area contributed by atoms with Crippen molar-refractivity contribution in [1.29, 1.82) is 0 Å². The van der Waals surface area contributed by atoms with Crippen LogP contribution < -0.4 is 5.32 Å². The van der Waals surface area contributed by atoms with Crippen molar-refractivity contribution in [3.8, 4) is 0 Å². The molecule has 0 atom stereocenters. The summed E-state index contributed by atoms with van der Waals surface area (Å²) >= 11 is 3.41. The minimum atomic E-state index is -0.218. The molecule has 0 saturated carbocycles. The van der Waals surface area contributed by atoms with Crippen molar-refractivity contribution in [3.63, 3.8) is 0 Å². The third kappa shape index (κ3) is 5.35. The van der Waals surface area contributed by atoms with Gasteiger partial charge in [0.1, 0.15) is 0 Å². The van der Waals surface area contributed by atoms with Crippen LogP contribution in [-0.2, 0) is 0 Å². The Balaban J connectivity index is 2.87. The molecule has 0 unspecified atom stereocenters. The predicted molar refractivity (Wildman–Crippen MR) is 84.5 cm³/mol. The van der Waals surface area contributed by atoms with Crippen molar-refractivity contribution >= 4 is 21.8 Å². The molecule has 1 amide bonds. The van der Waals surface area contributed by atoms with Crippen LogP contribution in [0.15, 0.2) is 22.7 Å². The Labute approximate surface area is 125 Å². The van der Waals surface area contributed by atoms with Crippen LogP contribution >= 0.6 is 15.9 Å². The minimum absolute atomic E-state index is 0.00644. The van der Waals surface area contributed by atoms with Gasteiger partial charge in [-0.25, -0.2) is 0 Å². The summed E-state index contributed by atoms with van der Waals surface area (Å²) in [7, 11) is 0. The molecule has 0 aromatic heterocycles. The number of hydrogen-bond donors (Lipinski definition) is 1. The number of rotatable bonds is 3. The van der Waals surface area contributed by atoms with Crippen LogP contribution in [0.3, 0.4) is 0 Å². The average Bonchev–Trinajstić information content (AvgIpc) is 2.16. The molecule has 1 N–H and O–H groups in total. The molecule has 2 nitrogen and oxygen atoms in total. The third-order valence-corrected chi connectivity index (χ3v) is 3.36. The normalized spacial score (nSPS) is 12.4. The lowest BCUT2D eigenvalue weighted by atomic mass is 9.81. The quantitative estimate of drug-likeness (QED) is 0.857. The van der Waals surface area contributed by atoms with E-state index in [0.717, 1.165) is 22.0 Å². The smallest absolute Gasteiger partial charge is 0.251 e. The topological polar surface area (TPSA) is 29.1 Å². The molecule has 0 fully saturated rings. The van der Waals surface area contributed by atoms with Crippen molar-refractivity contribution in [2.24, 2.45) is 5.41 Å². The van der Waals surface area contributed by atoms with Crippen molar-refractivity contribution in [2.45, 2.75) is 53.5 Å². The second kappa shape index (κ2) is 5.66. The Morgan fingerprint density at radius 3 is 2.32 bits per heavy atom. The van der Waals surface area contributed by atoms with E-state index in [4.69, 9.17) is 0 Å². The number of carbonyl (C=O) groups excluding carboxylic acids is 1. The summed E-state index contributed by atoms with van der Waals surface area (Å²) in [5.41, 5.74) is 1.69. The monoisotopic (exact) mass is 325 g/mol. The first kappa shape index (κ1) is 16.2. The maximum atomic E-state index is 12.4. The first-order valence-electron chi connectivity index (χ1n) is 6.59.